The van der Waals surface area contributed by atoms with Crippen LogP contribution in [-0.4, -0.2) is 28.2 Å². The number of halogens is 1. The first-order valence-electron chi connectivity index (χ1n) is 7.73. The van der Waals surface area contributed by atoms with E-state index >= 15 is 0 Å². The Kier molecular flexibility index (Phi) is 4.62. The van der Waals surface area contributed by atoms with Crippen LogP contribution in [0.4, 0.5) is 4.39 Å². The molecule has 1 fully saturated rings. The van der Waals surface area contributed by atoms with Crippen LogP contribution in [-0.2, 0) is 6.67 Å². The Hall–Kier alpha value is -2.28. The smallest absolute Gasteiger partial charge is 0.254 e. The average Bonchev–Trinajstić information content (AvgIpc) is 3.22. The van der Waals surface area contributed by atoms with Gasteiger partial charge in [-0.1, -0.05) is 6.07 Å². The number of benzene rings is 1. The molecule has 2 heterocycles. The molecule has 7 heteroatoms. The SMILES string of the molecule is Cc1csc([C@H]2CCCN2C(=O)c2ccc(CF)c(C(N)=O)c2)n1. The summed E-state index contributed by atoms with van der Waals surface area (Å²) >= 11 is 1.55. The van der Waals surface area contributed by atoms with Gasteiger partial charge in [-0.05, 0) is 37.5 Å². The number of hydrogen-bond donors (Lipinski definition) is 1. The maximum Gasteiger partial charge on any atom is 0.254 e. The molecule has 0 aliphatic carbocycles. The number of carbonyl (C=O) groups is 2. The summed E-state index contributed by atoms with van der Waals surface area (Å²) in [5.74, 6) is -0.913. The quantitative estimate of drug-likeness (QED) is 0.924. The first kappa shape index (κ1) is 16.6. The van der Waals surface area contributed by atoms with Crippen LogP contribution in [0.1, 0.15) is 55.9 Å². The predicted octanol–water partition coefficient (Wildman–Crippen LogP) is 3.00. The van der Waals surface area contributed by atoms with Crippen molar-refractivity contribution in [3.05, 3.63) is 51.0 Å². The number of likely N-dealkylation sites (tertiary alicyclic amines) is 1. The second-order valence-corrected chi connectivity index (χ2v) is 6.74. The lowest BCUT2D eigenvalue weighted by Gasteiger charge is -2.23. The summed E-state index contributed by atoms with van der Waals surface area (Å²) in [6.45, 7) is 1.77. The maximum absolute atomic E-state index is 13.0. The van der Waals surface area contributed by atoms with Crippen molar-refractivity contribution in [3.63, 3.8) is 0 Å². The molecule has 1 saturated heterocycles. The zero-order chi connectivity index (χ0) is 17.3. The third-order valence-corrected chi connectivity index (χ3v) is 5.27. The van der Waals surface area contributed by atoms with Gasteiger partial charge in [0.15, 0.2) is 0 Å². The summed E-state index contributed by atoms with van der Waals surface area (Å²) in [6.07, 6.45) is 1.77. The highest BCUT2D eigenvalue weighted by Crippen LogP contribution is 2.34. The number of carbonyl (C=O) groups excluding carboxylic acids is 2. The van der Waals surface area contributed by atoms with Crippen LogP contribution in [0, 0.1) is 6.92 Å². The summed E-state index contributed by atoms with van der Waals surface area (Å²) in [4.78, 5) is 30.6. The molecule has 0 unspecified atom stereocenters. The largest absolute Gasteiger partial charge is 0.366 e. The normalized spacial score (nSPS) is 17.2. The molecule has 3 rings (SSSR count). The van der Waals surface area contributed by atoms with Crippen molar-refractivity contribution in [2.24, 2.45) is 5.73 Å². The third-order valence-electron chi connectivity index (χ3n) is 4.20. The molecule has 1 aliphatic heterocycles. The highest BCUT2D eigenvalue weighted by atomic mass is 32.1. The van der Waals surface area contributed by atoms with Crippen LogP contribution in [0.2, 0.25) is 0 Å². The van der Waals surface area contributed by atoms with Gasteiger partial charge in [-0.25, -0.2) is 9.37 Å². The van der Waals surface area contributed by atoms with Gasteiger partial charge in [0.2, 0.25) is 5.91 Å². The van der Waals surface area contributed by atoms with Crippen molar-refractivity contribution in [1.29, 1.82) is 0 Å². The van der Waals surface area contributed by atoms with E-state index in [1.807, 2.05) is 12.3 Å². The van der Waals surface area contributed by atoms with E-state index in [1.54, 1.807) is 22.3 Å². The lowest BCUT2D eigenvalue weighted by atomic mass is 10.0. The number of primary amides is 1. The molecule has 1 atom stereocenters. The molecule has 0 bridgehead atoms. The lowest BCUT2D eigenvalue weighted by molar-refractivity contribution is 0.0735. The van der Waals surface area contributed by atoms with E-state index < -0.39 is 12.6 Å². The van der Waals surface area contributed by atoms with Crippen molar-refractivity contribution in [2.45, 2.75) is 32.5 Å². The lowest BCUT2D eigenvalue weighted by Crippen LogP contribution is -2.31. The number of hydrogen-bond acceptors (Lipinski definition) is 4. The molecule has 0 spiro atoms. The molecule has 2 amide bonds. The van der Waals surface area contributed by atoms with Crippen LogP contribution in [0.25, 0.3) is 0 Å². The van der Waals surface area contributed by atoms with Crippen LogP contribution in [0.15, 0.2) is 23.6 Å². The van der Waals surface area contributed by atoms with Gasteiger partial charge < -0.3 is 10.6 Å². The highest BCUT2D eigenvalue weighted by molar-refractivity contribution is 7.09. The van der Waals surface area contributed by atoms with E-state index in [9.17, 15) is 14.0 Å². The Bertz CT molecular complexity index is 790. The number of alkyl halides is 1. The zero-order valence-corrected chi connectivity index (χ0v) is 14.1. The molecule has 1 aromatic heterocycles. The summed E-state index contributed by atoms with van der Waals surface area (Å²) < 4.78 is 13.0. The summed E-state index contributed by atoms with van der Waals surface area (Å²) in [5.41, 5.74) is 6.85. The fraction of sp³-hybridized carbons (Fsp3) is 0.353. The van der Waals surface area contributed by atoms with Gasteiger partial charge in [0.05, 0.1) is 6.04 Å². The van der Waals surface area contributed by atoms with E-state index in [-0.39, 0.29) is 23.1 Å². The molecule has 5 nitrogen and oxygen atoms in total. The molecule has 2 N–H and O–H groups in total. The van der Waals surface area contributed by atoms with Crippen LogP contribution in [0.3, 0.4) is 0 Å². The number of nitrogens with zero attached hydrogens (tertiary/aromatic N) is 2. The van der Waals surface area contributed by atoms with Crippen molar-refractivity contribution >= 4 is 23.2 Å². The second kappa shape index (κ2) is 6.68. The van der Waals surface area contributed by atoms with Crippen molar-refractivity contribution in [3.8, 4) is 0 Å². The Labute approximate surface area is 143 Å². The van der Waals surface area contributed by atoms with Crippen molar-refractivity contribution in [2.75, 3.05) is 6.54 Å². The molecule has 0 radical (unpaired) electrons. The maximum atomic E-state index is 13.0. The van der Waals surface area contributed by atoms with Gasteiger partial charge in [-0.3, -0.25) is 9.59 Å². The standard InChI is InChI=1S/C17H18FN3O2S/c1-10-9-24-16(20-10)14-3-2-6-21(14)17(23)11-4-5-12(8-18)13(7-11)15(19)22/h4-5,7,9,14H,2-3,6,8H2,1H3,(H2,19,22)/t14-/m1/s1. The minimum Gasteiger partial charge on any atom is -0.366 e. The molecular formula is C17H18FN3O2S. The minimum absolute atomic E-state index is 0.0471. The van der Waals surface area contributed by atoms with E-state index in [1.165, 1.54) is 12.1 Å². The van der Waals surface area contributed by atoms with Gasteiger partial charge in [0.1, 0.15) is 11.7 Å². The molecule has 1 aromatic carbocycles. The molecule has 1 aliphatic rings. The van der Waals surface area contributed by atoms with Gasteiger partial charge in [0.25, 0.3) is 5.91 Å². The molecule has 2 aromatic rings. The number of aryl methyl sites for hydroxylation is 1. The second-order valence-electron chi connectivity index (χ2n) is 5.85. The van der Waals surface area contributed by atoms with Gasteiger partial charge in [-0.2, -0.15) is 0 Å². The summed E-state index contributed by atoms with van der Waals surface area (Å²) in [5, 5.41) is 2.89. The summed E-state index contributed by atoms with van der Waals surface area (Å²) in [7, 11) is 0. The number of amides is 2. The van der Waals surface area contributed by atoms with Crippen LogP contribution in [0.5, 0.6) is 0 Å². The first-order chi connectivity index (χ1) is 11.5. The van der Waals surface area contributed by atoms with E-state index in [2.05, 4.69) is 4.98 Å². The molecule has 0 saturated carbocycles. The molecule has 24 heavy (non-hydrogen) atoms. The van der Waals surface area contributed by atoms with Crippen molar-refractivity contribution in [1.82, 2.24) is 9.88 Å². The monoisotopic (exact) mass is 347 g/mol. The zero-order valence-electron chi connectivity index (χ0n) is 13.3. The Morgan fingerprint density at radius 3 is 2.88 bits per heavy atom. The van der Waals surface area contributed by atoms with E-state index in [0.717, 1.165) is 23.5 Å². The van der Waals surface area contributed by atoms with Gasteiger partial charge >= 0.3 is 0 Å². The van der Waals surface area contributed by atoms with Crippen LogP contribution < -0.4 is 5.73 Å². The number of thiazole rings is 1. The third kappa shape index (κ3) is 3.03. The van der Waals surface area contributed by atoms with Gasteiger partial charge in [-0.15, -0.1) is 11.3 Å². The van der Waals surface area contributed by atoms with E-state index in [4.69, 9.17) is 5.73 Å². The Morgan fingerprint density at radius 2 is 2.25 bits per heavy atom. The Balaban J connectivity index is 1.90. The number of nitrogens with two attached hydrogens (primary N) is 1. The highest BCUT2D eigenvalue weighted by Gasteiger charge is 2.32. The van der Waals surface area contributed by atoms with Crippen LogP contribution >= 0.6 is 11.3 Å². The molecular weight excluding hydrogens is 329 g/mol. The van der Waals surface area contributed by atoms with E-state index in [0.29, 0.717) is 12.1 Å². The van der Waals surface area contributed by atoms with Gasteiger partial charge in [0, 0.05) is 28.7 Å². The minimum atomic E-state index is -0.794. The average molecular weight is 347 g/mol. The first-order valence-corrected chi connectivity index (χ1v) is 8.61. The fourth-order valence-electron chi connectivity index (χ4n) is 3.01. The number of rotatable bonds is 4. The summed E-state index contributed by atoms with van der Waals surface area (Å²) in [6, 6.07) is 4.34. The topological polar surface area (TPSA) is 76.3 Å². The molecule has 126 valence electrons. The Morgan fingerprint density at radius 1 is 1.46 bits per heavy atom. The predicted molar refractivity (Wildman–Crippen MR) is 89.6 cm³/mol. The van der Waals surface area contributed by atoms with Crippen molar-refractivity contribution < 1.29 is 14.0 Å². The number of aromatic nitrogens is 1. The fourth-order valence-corrected chi connectivity index (χ4v) is 3.96.